The molecule has 2 fully saturated rings. The van der Waals surface area contributed by atoms with Crippen molar-refractivity contribution >= 4 is 28.7 Å². The molecule has 5 heteroatoms. The standard InChI is InChI=1S/C25H26FNO2S/c1-17(28)30-23-13-14-27(16-20(23)15-18-7-3-2-4-8-18)24(25(29)19-11-12-19)21-9-5-6-10-22(21)26/h2-10,15,19,23-24H,11-14,16H2,1H3/b20-15+. The normalized spacial score (nSPS) is 22.1. The molecule has 1 saturated heterocycles. The summed E-state index contributed by atoms with van der Waals surface area (Å²) in [7, 11) is 0. The van der Waals surface area contributed by atoms with Gasteiger partial charge in [0.05, 0.1) is 6.04 Å². The average molecular weight is 424 g/mol. The number of carbonyl (C=O) groups is 2. The molecule has 3 nitrogen and oxygen atoms in total. The molecule has 1 heterocycles. The molecule has 30 heavy (non-hydrogen) atoms. The van der Waals surface area contributed by atoms with Gasteiger partial charge in [-0.3, -0.25) is 14.5 Å². The first-order valence-corrected chi connectivity index (χ1v) is 11.4. The Morgan fingerprint density at radius 2 is 1.77 bits per heavy atom. The van der Waals surface area contributed by atoms with Gasteiger partial charge in [-0.1, -0.05) is 66.4 Å². The number of ketones is 1. The molecule has 2 unspecified atom stereocenters. The topological polar surface area (TPSA) is 37.4 Å². The number of thioether (sulfide) groups is 1. The maximum absolute atomic E-state index is 14.7. The molecule has 1 aliphatic heterocycles. The Hall–Kier alpha value is -2.24. The van der Waals surface area contributed by atoms with Gasteiger partial charge in [0.1, 0.15) is 5.82 Å². The number of Topliss-reactive ketones (excluding diaryl/α,β-unsaturated/α-hetero) is 1. The van der Waals surface area contributed by atoms with E-state index in [9.17, 15) is 14.0 Å². The van der Waals surface area contributed by atoms with Gasteiger partial charge < -0.3 is 0 Å². The van der Waals surface area contributed by atoms with Crippen molar-refractivity contribution in [2.24, 2.45) is 5.92 Å². The zero-order valence-corrected chi connectivity index (χ0v) is 17.9. The molecule has 0 N–H and O–H groups in total. The van der Waals surface area contributed by atoms with Gasteiger partial charge in [0, 0.05) is 36.7 Å². The number of benzene rings is 2. The Morgan fingerprint density at radius 1 is 1.07 bits per heavy atom. The number of hydrogen-bond acceptors (Lipinski definition) is 4. The van der Waals surface area contributed by atoms with E-state index in [-0.39, 0.29) is 27.9 Å². The van der Waals surface area contributed by atoms with Gasteiger partial charge >= 0.3 is 0 Å². The van der Waals surface area contributed by atoms with Crippen LogP contribution in [-0.4, -0.2) is 34.1 Å². The number of halogens is 1. The van der Waals surface area contributed by atoms with Crippen LogP contribution < -0.4 is 0 Å². The summed E-state index contributed by atoms with van der Waals surface area (Å²) < 4.78 is 14.7. The molecule has 0 spiro atoms. The molecule has 2 aliphatic rings. The summed E-state index contributed by atoms with van der Waals surface area (Å²) in [6.45, 7) is 2.81. The van der Waals surface area contributed by atoms with E-state index in [4.69, 9.17) is 0 Å². The summed E-state index contributed by atoms with van der Waals surface area (Å²) in [4.78, 5) is 27.1. The van der Waals surface area contributed by atoms with Crippen LogP contribution in [0.5, 0.6) is 0 Å². The highest BCUT2D eigenvalue weighted by atomic mass is 32.2. The van der Waals surface area contributed by atoms with Crippen molar-refractivity contribution in [1.29, 1.82) is 0 Å². The van der Waals surface area contributed by atoms with E-state index in [0.717, 1.165) is 30.4 Å². The van der Waals surface area contributed by atoms with Crippen molar-refractivity contribution in [2.75, 3.05) is 13.1 Å². The van der Waals surface area contributed by atoms with Crippen LogP contribution in [-0.2, 0) is 9.59 Å². The van der Waals surface area contributed by atoms with Crippen LogP contribution in [0.25, 0.3) is 6.08 Å². The Kier molecular flexibility index (Phi) is 6.49. The highest BCUT2D eigenvalue weighted by Gasteiger charge is 2.41. The van der Waals surface area contributed by atoms with Crippen molar-refractivity contribution in [3.63, 3.8) is 0 Å². The monoisotopic (exact) mass is 423 g/mol. The quantitative estimate of drug-likeness (QED) is 0.633. The molecule has 0 amide bonds. The molecule has 0 bridgehead atoms. The lowest BCUT2D eigenvalue weighted by Gasteiger charge is -2.38. The van der Waals surface area contributed by atoms with E-state index in [1.807, 2.05) is 30.3 Å². The fourth-order valence-electron chi connectivity index (χ4n) is 4.16. The maximum atomic E-state index is 14.7. The first-order chi connectivity index (χ1) is 14.5. The molecule has 0 aromatic heterocycles. The third kappa shape index (κ3) is 4.90. The molecule has 2 atom stereocenters. The van der Waals surface area contributed by atoms with E-state index >= 15 is 0 Å². The minimum absolute atomic E-state index is 0.0421. The molecular weight excluding hydrogens is 397 g/mol. The van der Waals surface area contributed by atoms with E-state index in [2.05, 4.69) is 11.0 Å². The van der Waals surface area contributed by atoms with Gasteiger partial charge in [-0.15, -0.1) is 0 Å². The first-order valence-electron chi connectivity index (χ1n) is 10.5. The largest absolute Gasteiger partial charge is 0.297 e. The highest BCUT2D eigenvalue weighted by molar-refractivity contribution is 8.14. The predicted molar refractivity (Wildman–Crippen MR) is 120 cm³/mol. The fraction of sp³-hybridized carbons (Fsp3) is 0.360. The third-order valence-corrected chi connectivity index (χ3v) is 6.91. The van der Waals surface area contributed by atoms with Crippen LogP contribution in [0.3, 0.4) is 0 Å². The zero-order valence-electron chi connectivity index (χ0n) is 17.1. The van der Waals surface area contributed by atoms with E-state index in [0.29, 0.717) is 18.7 Å². The molecule has 1 aliphatic carbocycles. The molecular formula is C25H26FNO2S. The van der Waals surface area contributed by atoms with E-state index in [1.165, 1.54) is 17.8 Å². The Bertz CT molecular complexity index is 955. The molecule has 4 rings (SSSR count). The number of nitrogens with zero attached hydrogens (tertiary/aromatic N) is 1. The number of carbonyl (C=O) groups excluding carboxylic acids is 2. The summed E-state index contributed by atoms with van der Waals surface area (Å²) in [5.41, 5.74) is 2.64. The summed E-state index contributed by atoms with van der Waals surface area (Å²) in [5, 5.41) is 0.170. The molecule has 2 aromatic rings. The highest BCUT2D eigenvalue weighted by Crippen LogP contribution is 2.40. The Morgan fingerprint density at radius 3 is 2.43 bits per heavy atom. The van der Waals surface area contributed by atoms with E-state index in [1.54, 1.807) is 25.1 Å². The second kappa shape index (κ2) is 9.27. The molecule has 2 aromatic carbocycles. The lowest BCUT2D eigenvalue weighted by Crippen LogP contribution is -2.43. The van der Waals surface area contributed by atoms with Gasteiger partial charge in [0.25, 0.3) is 0 Å². The number of piperidine rings is 1. The smallest absolute Gasteiger partial charge is 0.186 e. The van der Waals surface area contributed by atoms with Crippen molar-refractivity contribution in [2.45, 2.75) is 37.5 Å². The van der Waals surface area contributed by atoms with E-state index < -0.39 is 6.04 Å². The lowest BCUT2D eigenvalue weighted by molar-refractivity contribution is -0.126. The summed E-state index contributed by atoms with van der Waals surface area (Å²) in [6.07, 6.45) is 4.67. The third-order valence-electron chi connectivity index (χ3n) is 5.75. The second-order valence-corrected chi connectivity index (χ2v) is 9.47. The first kappa shape index (κ1) is 21.0. The fourth-order valence-corrected chi connectivity index (χ4v) is 5.08. The number of hydrogen-bond donors (Lipinski definition) is 0. The minimum atomic E-state index is -0.568. The second-order valence-electron chi connectivity index (χ2n) is 8.09. The van der Waals surface area contributed by atoms with Crippen molar-refractivity contribution in [1.82, 2.24) is 4.90 Å². The summed E-state index contributed by atoms with van der Waals surface area (Å²) in [5.74, 6) is -0.164. The zero-order chi connectivity index (χ0) is 21.1. The number of likely N-dealkylation sites (tertiary alicyclic amines) is 1. The van der Waals surface area contributed by atoms with Crippen molar-refractivity contribution < 1.29 is 14.0 Å². The van der Waals surface area contributed by atoms with Crippen LogP contribution in [0.4, 0.5) is 4.39 Å². The molecule has 1 saturated carbocycles. The van der Waals surface area contributed by atoms with Gasteiger partial charge in [-0.05, 0) is 36.5 Å². The van der Waals surface area contributed by atoms with Crippen molar-refractivity contribution in [3.8, 4) is 0 Å². The summed E-state index contributed by atoms with van der Waals surface area (Å²) >= 11 is 1.35. The van der Waals surface area contributed by atoms with Gasteiger partial charge in [-0.25, -0.2) is 4.39 Å². The minimum Gasteiger partial charge on any atom is -0.297 e. The number of rotatable bonds is 6. The van der Waals surface area contributed by atoms with Gasteiger partial charge in [0.15, 0.2) is 10.9 Å². The van der Waals surface area contributed by atoms with Gasteiger partial charge in [-0.2, -0.15) is 0 Å². The van der Waals surface area contributed by atoms with Crippen LogP contribution in [0.15, 0.2) is 60.2 Å². The van der Waals surface area contributed by atoms with Gasteiger partial charge in [0.2, 0.25) is 0 Å². The maximum Gasteiger partial charge on any atom is 0.186 e. The molecule has 0 radical (unpaired) electrons. The average Bonchev–Trinajstić information content (AvgIpc) is 3.57. The predicted octanol–water partition coefficient (Wildman–Crippen LogP) is 5.28. The molecule has 156 valence electrons. The lowest BCUT2D eigenvalue weighted by atomic mass is 9.93. The SMILES string of the molecule is CC(=O)SC1CCN(C(C(=O)C2CC2)c2ccccc2F)C/C1=C\c1ccccc1. The van der Waals surface area contributed by atoms with Crippen LogP contribution in [0.1, 0.15) is 43.4 Å². The van der Waals surface area contributed by atoms with Crippen LogP contribution in [0.2, 0.25) is 0 Å². The Labute approximate surface area is 181 Å². The Balaban J connectivity index is 1.67. The van der Waals surface area contributed by atoms with Crippen LogP contribution in [0, 0.1) is 11.7 Å². The van der Waals surface area contributed by atoms with Crippen molar-refractivity contribution in [3.05, 3.63) is 77.1 Å². The summed E-state index contributed by atoms with van der Waals surface area (Å²) in [6, 6.07) is 16.1. The van der Waals surface area contributed by atoms with Crippen LogP contribution >= 0.6 is 11.8 Å².